The molecule has 0 unspecified atom stereocenters. The summed E-state index contributed by atoms with van der Waals surface area (Å²) in [5.74, 6) is 1.42. The van der Waals surface area contributed by atoms with Gasteiger partial charge in [-0.05, 0) is 91.4 Å². The van der Waals surface area contributed by atoms with Crippen LogP contribution in [0.1, 0.15) is 27.7 Å². The molecule has 0 aromatic carbocycles. The van der Waals surface area contributed by atoms with Gasteiger partial charge in [0, 0.05) is 35.7 Å². The molecule has 2 aliphatic carbocycles. The molecule has 0 aromatic heterocycles. The van der Waals surface area contributed by atoms with Crippen LogP contribution in [0.3, 0.4) is 0 Å². The second-order valence-corrected chi connectivity index (χ2v) is 5.12. The van der Waals surface area contributed by atoms with Crippen LogP contribution in [0.25, 0.3) is 0 Å². The molecule has 0 heterocycles. The van der Waals surface area contributed by atoms with Crippen LogP contribution in [-0.4, -0.2) is 23.5 Å². The van der Waals surface area contributed by atoms with Gasteiger partial charge in [0.1, 0.15) is 0 Å². The van der Waals surface area contributed by atoms with E-state index in [9.17, 15) is 0 Å². The van der Waals surface area contributed by atoms with E-state index in [1.54, 1.807) is 0 Å². The third kappa shape index (κ3) is 8.37. The van der Waals surface area contributed by atoms with E-state index in [0.29, 0.717) is 12.1 Å². The first-order chi connectivity index (χ1) is 8.61. The van der Waals surface area contributed by atoms with Gasteiger partial charge in [0.15, 0.2) is 0 Å². The Balaban J connectivity index is 0.000000454. The number of hydrogen-bond acceptors (Lipinski definition) is 1. The van der Waals surface area contributed by atoms with E-state index in [1.165, 1.54) is 5.92 Å². The van der Waals surface area contributed by atoms with Gasteiger partial charge in [-0.3, -0.25) is 4.90 Å². The van der Waals surface area contributed by atoms with Crippen molar-refractivity contribution in [1.29, 1.82) is 0 Å². The van der Waals surface area contributed by atoms with Gasteiger partial charge in [-0.1, -0.05) is 0 Å². The molecule has 0 amide bonds. The Morgan fingerprint density at radius 1 is 0.737 bits per heavy atom. The maximum absolute atomic E-state index is 2.50. The molecule has 0 aromatic rings. The second kappa shape index (κ2) is 11.2. The Hall–Kier alpha value is 0.479. The molecule has 2 rings (SSSR count). The quantitative estimate of drug-likeness (QED) is 0.718. The minimum absolute atomic E-state index is 0. The van der Waals surface area contributed by atoms with Gasteiger partial charge in [-0.2, -0.15) is 0 Å². The van der Waals surface area contributed by atoms with Gasteiger partial charge in [0.2, 0.25) is 0 Å². The summed E-state index contributed by atoms with van der Waals surface area (Å²) in [5, 5.41) is 0. The van der Waals surface area contributed by atoms with Crippen molar-refractivity contribution in [1.82, 2.24) is 4.90 Å². The number of nitrogens with zero attached hydrogens (tertiary/aromatic N) is 1. The second-order valence-electron chi connectivity index (χ2n) is 5.12. The van der Waals surface area contributed by atoms with Crippen LogP contribution in [-0.2, 0) is 17.1 Å². The molecule has 106 valence electrons. The summed E-state index contributed by atoms with van der Waals surface area (Å²) in [4.78, 5) is 2.50. The van der Waals surface area contributed by atoms with E-state index >= 15 is 0 Å². The number of hydrogen-bond donors (Lipinski definition) is 0. The zero-order chi connectivity index (χ0) is 13.4. The summed E-state index contributed by atoms with van der Waals surface area (Å²) < 4.78 is 0. The average molecular weight is 299 g/mol. The normalized spacial score (nSPS) is 19.7. The Labute approximate surface area is 132 Å². The van der Waals surface area contributed by atoms with Crippen LogP contribution in [0.5, 0.6) is 0 Å². The first-order valence-electron chi connectivity index (χ1n) is 6.74. The maximum atomic E-state index is 2.50. The molecule has 1 nitrogen and oxygen atoms in total. The van der Waals surface area contributed by atoms with E-state index in [-0.39, 0.29) is 17.1 Å². The third-order valence-electron chi connectivity index (χ3n) is 2.98. The largest absolute Gasteiger partial charge is 0.298 e. The molecule has 0 spiro atoms. The summed E-state index contributed by atoms with van der Waals surface area (Å²) in [7, 11) is 0. The Morgan fingerprint density at radius 3 is 1.42 bits per heavy atom. The van der Waals surface area contributed by atoms with E-state index in [4.69, 9.17) is 0 Å². The van der Waals surface area contributed by atoms with Crippen molar-refractivity contribution in [2.45, 2.75) is 39.8 Å². The molecular weight excluding hydrogens is 274 g/mol. The fraction of sp³-hybridized carbons (Fsp3) is 0.412. The molecule has 0 N–H and O–H groups in total. The minimum atomic E-state index is 0. The molecule has 0 aliphatic heterocycles. The molecule has 2 heteroatoms. The topological polar surface area (TPSA) is 3.24 Å². The van der Waals surface area contributed by atoms with E-state index in [2.05, 4.69) is 58.3 Å². The zero-order valence-corrected chi connectivity index (χ0v) is 13.5. The van der Waals surface area contributed by atoms with Crippen molar-refractivity contribution in [2.24, 2.45) is 0 Å². The Bertz CT molecular complexity index is 178. The third-order valence-corrected chi connectivity index (χ3v) is 2.98. The molecule has 19 heavy (non-hydrogen) atoms. The maximum Gasteiger partial charge on any atom is 0.00552 e. The van der Waals surface area contributed by atoms with E-state index in [1.807, 2.05) is 32.1 Å². The molecule has 0 atom stereocenters. The SMILES string of the molecule is CC(C)N(C[C]1[CH][CH][CH][CH]1)C(C)C.[CH]1[CH][CH][CH][CH]1.[Fe]. The summed E-state index contributed by atoms with van der Waals surface area (Å²) in [5.41, 5.74) is 0. The number of rotatable bonds is 4. The first kappa shape index (κ1) is 19.5. The predicted molar refractivity (Wildman–Crippen MR) is 78.9 cm³/mol. The van der Waals surface area contributed by atoms with Crippen molar-refractivity contribution >= 4 is 0 Å². The summed E-state index contributed by atoms with van der Waals surface area (Å²) in [6, 6.07) is 1.24. The minimum Gasteiger partial charge on any atom is -0.298 e. The fourth-order valence-electron chi connectivity index (χ4n) is 2.01. The van der Waals surface area contributed by atoms with Crippen LogP contribution >= 0.6 is 0 Å². The Kier molecular flexibility index (Phi) is 11.5. The van der Waals surface area contributed by atoms with Crippen molar-refractivity contribution in [2.75, 3.05) is 6.54 Å². The van der Waals surface area contributed by atoms with E-state index < -0.39 is 0 Å². The van der Waals surface area contributed by atoms with Crippen LogP contribution in [0, 0.1) is 63.7 Å². The zero-order valence-electron chi connectivity index (χ0n) is 12.4. The van der Waals surface area contributed by atoms with Crippen molar-refractivity contribution < 1.29 is 17.1 Å². The van der Waals surface area contributed by atoms with Crippen LogP contribution < -0.4 is 0 Å². The molecule has 0 bridgehead atoms. The first-order valence-corrected chi connectivity index (χ1v) is 6.74. The van der Waals surface area contributed by atoms with Gasteiger partial charge >= 0.3 is 0 Å². The van der Waals surface area contributed by atoms with E-state index in [0.717, 1.165) is 6.54 Å². The van der Waals surface area contributed by atoms with Gasteiger partial charge in [-0.15, -0.1) is 0 Å². The monoisotopic (exact) mass is 299 g/mol. The molecule has 2 aliphatic rings. The van der Waals surface area contributed by atoms with Gasteiger partial charge in [0.05, 0.1) is 0 Å². The van der Waals surface area contributed by atoms with Crippen LogP contribution in [0.15, 0.2) is 0 Å². The van der Waals surface area contributed by atoms with Crippen LogP contribution in [0.4, 0.5) is 0 Å². The molecular formula is C17H25FeN. The molecule has 10 radical (unpaired) electrons. The summed E-state index contributed by atoms with van der Waals surface area (Å²) in [6.07, 6.45) is 18.6. The summed E-state index contributed by atoms with van der Waals surface area (Å²) in [6.45, 7) is 10.1. The van der Waals surface area contributed by atoms with Gasteiger partial charge in [0.25, 0.3) is 0 Å². The summed E-state index contributed by atoms with van der Waals surface area (Å²) >= 11 is 0. The van der Waals surface area contributed by atoms with Crippen LogP contribution in [0.2, 0.25) is 0 Å². The standard InChI is InChI=1S/C12H20N.C5H5.Fe/c1-10(2)13(11(3)4)9-12-7-5-6-8-12;1-2-4-5-3-1;/h5-8,10-11H,9H2,1-4H3;1-5H;. The van der Waals surface area contributed by atoms with Crippen molar-refractivity contribution in [3.8, 4) is 0 Å². The average Bonchev–Trinajstić information content (AvgIpc) is 3.01. The Morgan fingerprint density at radius 2 is 1.11 bits per heavy atom. The fourth-order valence-corrected chi connectivity index (χ4v) is 2.01. The van der Waals surface area contributed by atoms with Crippen molar-refractivity contribution in [3.05, 3.63) is 63.7 Å². The van der Waals surface area contributed by atoms with Gasteiger partial charge in [-0.25, -0.2) is 0 Å². The predicted octanol–water partition coefficient (Wildman–Crippen LogP) is 3.53. The van der Waals surface area contributed by atoms with Crippen molar-refractivity contribution in [3.63, 3.8) is 0 Å². The smallest absolute Gasteiger partial charge is 0.00552 e. The molecule has 0 saturated heterocycles. The molecule has 2 saturated carbocycles. The molecule has 2 fully saturated rings. The van der Waals surface area contributed by atoms with Gasteiger partial charge < -0.3 is 0 Å².